The second-order valence-corrected chi connectivity index (χ2v) is 13.5. The number of aryl methyl sites for hydroxylation is 2. The van der Waals surface area contributed by atoms with Crippen LogP contribution in [-0.2, 0) is 32.6 Å². The summed E-state index contributed by atoms with van der Waals surface area (Å²) in [5.74, 6) is -0.853. The van der Waals surface area contributed by atoms with Gasteiger partial charge >= 0.3 is 0 Å². The zero-order chi connectivity index (χ0) is 32.6. The number of carbonyl (C=O) groups excluding carboxylic acids is 2. The Kier molecular flexibility index (Phi) is 11.4. The van der Waals surface area contributed by atoms with E-state index in [1.807, 2.05) is 76.2 Å². The number of amides is 2. The van der Waals surface area contributed by atoms with Gasteiger partial charge in [0, 0.05) is 24.0 Å². The minimum atomic E-state index is -4.17. The second-order valence-electron chi connectivity index (χ2n) is 11.3. The summed E-state index contributed by atoms with van der Waals surface area (Å²) < 4.78 is 29.6. The molecule has 7 nitrogen and oxygen atoms in total. The first-order valence-electron chi connectivity index (χ1n) is 15.0. The minimum Gasteiger partial charge on any atom is -0.352 e. The fraction of sp³-hybridized carbons (Fsp3) is 0.278. The molecule has 0 aliphatic carbocycles. The highest BCUT2D eigenvalue weighted by Gasteiger charge is 2.35. The highest BCUT2D eigenvalue weighted by atomic mass is 35.5. The number of hydrogen-bond donors (Lipinski definition) is 1. The van der Waals surface area contributed by atoms with Gasteiger partial charge in [0.05, 0.1) is 10.6 Å². The van der Waals surface area contributed by atoms with Gasteiger partial charge in [-0.15, -0.1) is 0 Å². The number of nitrogens with zero attached hydrogens (tertiary/aromatic N) is 2. The Hall–Kier alpha value is -4.14. The molecule has 0 fully saturated rings. The van der Waals surface area contributed by atoms with Crippen LogP contribution in [0.4, 0.5) is 5.69 Å². The van der Waals surface area contributed by atoms with E-state index in [1.165, 1.54) is 17.0 Å². The molecule has 0 heterocycles. The van der Waals surface area contributed by atoms with Crippen LogP contribution in [-0.4, -0.2) is 43.8 Å². The van der Waals surface area contributed by atoms with Crippen LogP contribution in [0.25, 0.3) is 0 Å². The van der Waals surface area contributed by atoms with Gasteiger partial charge in [0.1, 0.15) is 12.6 Å². The first kappa shape index (κ1) is 33.7. The average Bonchev–Trinajstić information content (AvgIpc) is 3.04. The summed E-state index contributed by atoms with van der Waals surface area (Å²) >= 11 is 6.57. The maximum atomic E-state index is 14.6. The van der Waals surface area contributed by atoms with Crippen molar-refractivity contribution in [1.29, 1.82) is 0 Å². The number of nitrogens with one attached hydrogen (secondary N) is 1. The molecule has 2 unspecified atom stereocenters. The van der Waals surface area contributed by atoms with Gasteiger partial charge in [0.15, 0.2) is 0 Å². The lowest BCUT2D eigenvalue weighted by Crippen LogP contribution is -2.54. The van der Waals surface area contributed by atoms with E-state index in [0.717, 1.165) is 15.4 Å². The molecule has 4 aromatic carbocycles. The van der Waals surface area contributed by atoms with Gasteiger partial charge in [-0.05, 0) is 73.7 Å². The molecule has 4 rings (SSSR count). The molecular weight excluding hydrogens is 606 g/mol. The molecule has 0 bridgehead atoms. The summed E-state index contributed by atoms with van der Waals surface area (Å²) in [7, 11) is -4.17. The van der Waals surface area contributed by atoms with Crippen molar-refractivity contribution in [3.63, 3.8) is 0 Å². The summed E-state index contributed by atoms with van der Waals surface area (Å²) in [5, 5.41) is 3.49. The minimum absolute atomic E-state index is 0.00988. The van der Waals surface area contributed by atoms with E-state index in [0.29, 0.717) is 28.3 Å². The normalized spacial score (nSPS) is 12.6. The molecule has 0 spiro atoms. The average molecular weight is 646 g/mol. The number of carbonyl (C=O) groups is 2. The van der Waals surface area contributed by atoms with Crippen LogP contribution in [0.2, 0.25) is 5.02 Å². The van der Waals surface area contributed by atoms with Gasteiger partial charge in [0.2, 0.25) is 11.8 Å². The Balaban J connectivity index is 1.84. The number of hydrogen-bond acceptors (Lipinski definition) is 4. The molecule has 4 aromatic rings. The lowest BCUT2D eigenvalue weighted by atomic mass is 10.0. The quantitative estimate of drug-likeness (QED) is 0.175. The first-order chi connectivity index (χ1) is 21.5. The molecule has 1 N–H and O–H groups in total. The zero-order valence-electron chi connectivity index (χ0n) is 26.1. The Morgan fingerprint density at radius 2 is 1.49 bits per heavy atom. The standard InChI is InChI=1S/C36H40ClN3O4S/c1-5-28(4)38-36(42)34(23-29-14-8-6-9-15-29)39(24-30-16-12-13-19-32(30)37)35(41)25-40(33-22-26(2)20-21-27(33)3)45(43,44)31-17-10-7-11-18-31/h6-22,28,34H,5,23-25H2,1-4H3,(H,38,42). The van der Waals surface area contributed by atoms with Crippen molar-refractivity contribution >= 4 is 39.1 Å². The molecule has 2 atom stereocenters. The monoisotopic (exact) mass is 645 g/mol. The summed E-state index contributed by atoms with van der Waals surface area (Å²) in [6, 6.07) is 29.1. The SMILES string of the molecule is CCC(C)NC(=O)C(Cc1ccccc1)N(Cc1ccccc1Cl)C(=O)CN(c1cc(C)ccc1C)S(=O)(=O)c1ccccc1. The van der Waals surface area contributed by atoms with Crippen molar-refractivity contribution in [2.75, 3.05) is 10.8 Å². The van der Waals surface area contributed by atoms with Crippen molar-refractivity contribution in [1.82, 2.24) is 10.2 Å². The summed E-state index contributed by atoms with van der Waals surface area (Å²) in [4.78, 5) is 30.1. The molecule has 0 aliphatic heterocycles. The van der Waals surface area contributed by atoms with E-state index in [4.69, 9.17) is 11.6 Å². The van der Waals surface area contributed by atoms with Crippen molar-refractivity contribution in [3.05, 3.63) is 130 Å². The predicted octanol–water partition coefficient (Wildman–Crippen LogP) is 6.71. The van der Waals surface area contributed by atoms with Gasteiger partial charge in [-0.3, -0.25) is 13.9 Å². The molecule has 9 heteroatoms. The van der Waals surface area contributed by atoms with Gasteiger partial charge in [-0.25, -0.2) is 8.42 Å². The van der Waals surface area contributed by atoms with Crippen molar-refractivity contribution in [3.8, 4) is 0 Å². The summed E-state index contributed by atoms with van der Waals surface area (Å²) in [5.41, 5.74) is 3.45. The Bertz CT molecular complexity index is 1720. The molecule has 0 saturated heterocycles. The molecule has 0 radical (unpaired) electrons. The summed E-state index contributed by atoms with van der Waals surface area (Å²) in [6.07, 6.45) is 0.937. The van der Waals surface area contributed by atoms with E-state index >= 15 is 0 Å². The van der Waals surface area contributed by atoms with Crippen molar-refractivity contribution < 1.29 is 18.0 Å². The number of rotatable bonds is 13. The Morgan fingerprint density at radius 1 is 0.867 bits per heavy atom. The number of sulfonamides is 1. The lowest BCUT2D eigenvalue weighted by molar-refractivity contribution is -0.140. The van der Waals surface area contributed by atoms with E-state index in [1.54, 1.807) is 42.5 Å². The van der Waals surface area contributed by atoms with Gasteiger partial charge in [0.25, 0.3) is 10.0 Å². The van der Waals surface area contributed by atoms with Crippen LogP contribution in [0.15, 0.2) is 108 Å². The third-order valence-corrected chi connectivity index (χ3v) is 9.96. The van der Waals surface area contributed by atoms with Crippen molar-refractivity contribution in [2.45, 2.75) is 64.1 Å². The van der Waals surface area contributed by atoms with Crippen LogP contribution in [0.3, 0.4) is 0 Å². The van der Waals surface area contributed by atoms with Crippen LogP contribution >= 0.6 is 11.6 Å². The molecule has 2 amide bonds. The highest BCUT2D eigenvalue weighted by Crippen LogP contribution is 2.29. The topological polar surface area (TPSA) is 86.8 Å². The largest absolute Gasteiger partial charge is 0.352 e. The predicted molar refractivity (Wildman–Crippen MR) is 181 cm³/mol. The van der Waals surface area contributed by atoms with Crippen LogP contribution in [0.1, 0.15) is 42.5 Å². The van der Waals surface area contributed by atoms with Gasteiger partial charge in [-0.2, -0.15) is 0 Å². The van der Waals surface area contributed by atoms with E-state index < -0.39 is 28.5 Å². The van der Waals surface area contributed by atoms with Crippen molar-refractivity contribution in [2.24, 2.45) is 0 Å². The Morgan fingerprint density at radius 3 is 2.13 bits per heavy atom. The third kappa shape index (κ3) is 8.53. The van der Waals surface area contributed by atoms with Crippen LogP contribution in [0.5, 0.6) is 0 Å². The van der Waals surface area contributed by atoms with E-state index in [-0.39, 0.29) is 29.8 Å². The van der Waals surface area contributed by atoms with Gasteiger partial charge < -0.3 is 10.2 Å². The number of anilines is 1. The molecule has 45 heavy (non-hydrogen) atoms. The summed E-state index contributed by atoms with van der Waals surface area (Å²) in [6.45, 7) is 7.06. The molecule has 236 valence electrons. The fourth-order valence-corrected chi connectivity index (χ4v) is 6.71. The second kappa shape index (κ2) is 15.2. The fourth-order valence-electron chi connectivity index (χ4n) is 5.03. The van der Waals surface area contributed by atoms with E-state index in [2.05, 4.69) is 5.32 Å². The number of halogens is 1. The van der Waals surface area contributed by atoms with Crippen LogP contribution in [0, 0.1) is 13.8 Å². The van der Waals surface area contributed by atoms with Crippen LogP contribution < -0.4 is 9.62 Å². The lowest BCUT2D eigenvalue weighted by Gasteiger charge is -2.35. The maximum Gasteiger partial charge on any atom is 0.264 e. The molecule has 0 aliphatic rings. The molecule has 0 aromatic heterocycles. The molecule has 0 saturated carbocycles. The Labute approximate surface area is 271 Å². The first-order valence-corrected chi connectivity index (χ1v) is 16.8. The third-order valence-electron chi connectivity index (χ3n) is 7.81. The van der Waals surface area contributed by atoms with E-state index in [9.17, 15) is 18.0 Å². The highest BCUT2D eigenvalue weighted by molar-refractivity contribution is 7.92. The molecular formula is C36H40ClN3O4S. The number of benzene rings is 4. The van der Waals surface area contributed by atoms with Gasteiger partial charge in [-0.1, -0.05) is 97.4 Å². The maximum absolute atomic E-state index is 14.6. The zero-order valence-corrected chi connectivity index (χ0v) is 27.7. The smallest absolute Gasteiger partial charge is 0.264 e.